The molecule has 3 aromatic rings. The lowest BCUT2D eigenvalue weighted by molar-refractivity contribution is -0.119. The molecule has 3 heterocycles. The molecule has 1 amide bonds. The second-order valence-electron chi connectivity index (χ2n) is 10.3. The van der Waals surface area contributed by atoms with Crippen LogP contribution in [0.3, 0.4) is 0 Å². The summed E-state index contributed by atoms with van der Waals surface area (Å²) in [5.74, 6) is 2.21. The van der Waals surface area contributed by atoms with Crippen LogP contribution in [0.25, 0.3) is 0 Å². The van der Waals surface area contributed by atoms with Crippen LogP contribution in [-0.4, -0.2) is 48.0 Å². The first-order chi connectivity index (χ1) is 17.8. The van der Waals surface area contributed by atoms with Crippen molar-refractivity contribution in [2.45, 2.75) is 44.6 Å². The number of carbonyl (C=O) groups is 1. The van der Waals surface area contributed by atoms with E-state index in [0.717, 1.165) is 54.2 Å². The molecule has 0 bridgehead atoms. The lowest BCUT2D eigenvalue weighted by Gasteiger charge is -2.29. The second-order valence-corrected chi connectivity index (χ2v) is 10.7. The summed E-state index contributed by atoms with van der Waals surface area (Å²) in [6.45, 7) is 6.55. The lowest BCUT2D eigenvalue weighted by Crippen LogP contribution is -2.29. The maximum Gasteiger partial charge on any atom is 0.234 e. The Kier molecular flexibility index (Phi) is 6.96. The maximum absolute atomic E-state index is 12.4. The molecule has 8 nitrogen and oxygen atoms in total. The summed E-state index contributed by atoms with van der Waals surface area (Å²) in [6, 6.07) is 12.2. The Morgan fingerprint density at radius 2 is 2.00 bits per heavy atom. The van der Waals surface area contributed by atoms with Gasteiger partial charge in [-0.2, -0.15) is 4.98 Å². The molecule has 1 aromatic heterocycles. The van der Waals surface area contributed by atoms with Gasteiger partial charge < -0.3 is 25.6 Å². The Balaban J connectivity index is 1.32. The maximum atomic E-state index is 12.4. The smallest absolute Gasteiger partial charge is 0.234 e. The van der Waals surface area contributed by atoms with Gasteiger partial charge in [0.1, 0.15) is 10.8 Å². The van der Waals surface area contributed by atoms with Crippen LogP contribution in [-0.2, 0) is 16.8 Å². The Morgan fingerprint density at radius 3 is 2.76 bits per heavy atom. The molecule has 0 atom stereocenters. The van der Waals surface area contributed by atoms with Gasteiger partial charge in [-0.05, 0) is 87.6 Å². The largest absolute Gasteiger partial charge is 0.495 e. The molecular weight excluding hydrogens is 488 g/mol. The van der Waals surface area contributed by atoms with E-state index in [-0.39, 0.29) is 5.91 Å². The number of halogens is 1. The number of carbonyl (C=O) groups excluding carboxylic acids is 1. The molecule has 0 aliphatic carbocycles. The summed E-state index contributed by atoms with van der Waals surface area (Å²) in [7, 11) is 3.85. The van der Waals surface area contributed by atoms with E-state index in [0.29, 0.717) is 29.3 Å². The zero-order valence-corrected chi connectivity index (χ0v) is 22.4. The van der Waals surface area contributed by atoms with Crippen LogP contribution in [0.4, 0.5) is 23.1 Å². The minimum atomic E-state index is -0.605. The highest BCUT2D eigenvalue weighted by Crippen LogP contribution is 2.40. The lowest BCUT2D eigenvalue weighted by atomic mass is 9.83. The summed E-state index contributed by atoms with van der Waals surface area (Å²) >= 11 is 6.43. The first-order valence-corrected chi connectivity index (χ1v) is 13.0. The van der Waals surface area contributed by atoms with Crippen molar-refractivity contribution in [2.24, 2.45) is 0 Å². The number of aromatic nitrogens is 2. The number of anilines is 4. The van der Waals surface area contributed by atoms with Crippen LogP contribution in [0.5, 0.6) is 5.75 Å². The summed E-state index contributed by atoms with van der Waals surface area (Å²) < 4.78 is 5.70. The molecular formula is C28H33ClN6O2. The van der Waals surface area contributed by atoms with Gasteiger partial charge in [0.2, 0.25) is 11.9 Å². The highest BCUT2D eigenvalue weighted by Gasteiger charge is 2.39. The molecule has 9 heteroatoms. The minimum Gasteiger partial charge on any atom is -0.495 e. The normalized spacial score (nSPS) is 17.3. The van der Waals surface area contributed by atoms with Crippen LogP contribution in [0.2, 0.25) is 5.02 Å². The molecule has 194 valence electrons. The van der Waals surface area contributed by atoms with Crippen LogP contribution in [0, 0.1) is 0 Å². The molecule has 0 unspecified atom stereocenters. The minimum absolute atomic E-state index is 0.00251. The van der Waals surface area contributed by atoms with E-state index in [1.54, 1.807) is 13.3 Å². The van der Waals surface area contributed by atoms with Gasteiger partial charge in [-0.1, -0.05) is 29.8 Å². The molecule has 0 spiro atoms. The zero-order chi connectivity index (χ0) is 26.2. The third-order valence-electron chi connectivity index (χ3n) is 7.44. The highest BCUT2D eigenvalue weighted by molar-refractivity contribution is 6.32. The van der Waals surface area contributed by atoms with Gasteiger partial charge in [0.05, 0.1) is 24.4 Å². The molecule has 2 aliphatic rings. The number of fused-ring (bicyclic) bond motifs is 1. The van der Waals surface area contributed by atoms with E-state index in [2.05, 4.69) is 50.0 Å². The number of hydrogen-bond acceptors (Lipinski definition) is 7. The third kappa shape index (κ3) is 5.08. The third-order valence-corrected chi connectivity index (χ3v) is 7.72. The zero-order valence-electron chi connectivity index (χ0n) is 21.7. The number of piperidine rings is 1. The second kappa shape index (κ2) is 10.2. The van der Waals surface area contributed by atoms with Gasteiger partial charge in [-0.15, -0.1) is 0 Å². The van der Waals surface area contributed by atoms with Crippen molar-refractivity contribution in [3.8, 4) is 5.75 Å². The standard InChI is InChI=1S/C28H33ClN6O2/c1-28(2)24-19(6-5-7-22(24)32-26(28)36)15-30-25-20(29)16-31-27(34-25)33-21-9-8-18(14-23(21)37-4)17-10-12-35(3)13-11-17/h5-9,14,16-17H,10-13,15H2,1-4H3,(H,32,36)(H2,30,31,33,34). The summed E-state index contributed by atoms with van der Waals surface area (Å²) in [5.41, 5.74) is 4.33. The Bertz CT molecular complexity index is 1320. The van der Waals surface area contributed by atoms with Gasteiger partial charge in [0.15, 0.2) is 5.82 Å². The van der Waals surface area contributed by atoms with Crippen LogP contribution < -0.4 is 20.7 Å². The number of rotatable bonds is 7. The van der Waals surface area contributed by atoms with Crippen molar-refractivity contribution in [1.29, 1.82) is 0 Å². The molecule has 37 heavy (non-hydrogen) atoms. The van der Waals surface area contributed by atoms with Gasteiger partial charge in [0.25, 0.3) is 0 Å². The predicted molar refractivity (Wildman–Crippen MR) is 148 cm³/mol. The molecule has 0 radical (unpaired) electrons. The van der Waals surface area contributed by atoms with E-state index < -0.39 is 5.41 Å². The average molecular weight is 521 g/mol. The van der Waals surface area contributed by atoms with E-state index in [1.165, 1.54) is 5.56 Å². The summed E-state index contributed by atoms with van der Waals surface area (Å²) in [4.78, 5) is 23.8. The fraction of sp³-hybridized carbons (Fsp3) is 0.393. The SMILES string of the molecule is COc1cc(C2CCN(C)CC2)ccc1Nc1ncc(Cl)c(NCc2cccc3c2C(C)(C)C(=O)N3)n1. The van der Waals surface area contributed by atoms with Crippen LogP contribution in [0.1, 0.15) is 49.3 Å². The fourth-order valence-electron chi connectivity index (χ4n) is 5.24. The average Bonchev–Trinajstić information content (AvgIpc) is 3.13. The van der Waals surface area contributed by atoms with Crippen molar-refractivity contribution in [1.82, 2.24) is 14.9 Å². The van der Waals surface area contributed by atoms with Crippen LogP contribution >= 0.6 is 11.6 Å². The Labute approximate surface area is 222 Å². The number of likely N-dealkylation sites (tertiary alicyclic amines) is 1. The number of amides is 1. The first kappa shape index (κ1) is 25.3. The van der Waals surface area contributed by atoms with Crippen LogP contribution in [0.15, 0.2) is 42.6 Å². The molecule has 2 aromatic carbocycles. The van der Waals surface area contributed by atoms with Crippen molar-refractivity contribution < 1.29 is 9.53 Å². The van der Waals surface area contributed by atoms with Crippen molar-refractivity contribution >= 4 is 40.6 Å². The number of methoxy groups -OCH3 is 1. The van der Waals surface area contributed by atoms with E-state index in [4.69, 9.17) is 16.3 Å². The number of ether oxygens (including phenoxy) is 1. The summed E-state index contributed by atoms with van der Waals surface area (Å²) in [6.07, 6.45) is 3.87. The van der Waals surface area contributed by atoms with Crippen molar-refractivity contribution in [3.63, 3.8) is 0 Å². The predicted octanol–water partition coefficient (Wildman–Crippen LogP) is 5.53. The topological polar surface area (TPSA) is 91.4 Å². The molecule has 3 N–H and O–H groups in total. The van der Waals surface area contributed by atoms with Gasteiger partial charge >= 0.3 is 0 Å². The molecule has 0 saturated carbocycles. The number of benzene rings is 2. The van der Waals surface area contributed by atoms with E-state index >= 15 is 0 Å². The first-order valence-electron chi connectivity index (χ1n) is 12.6. The van der Waals surface area contributed by atoms with Crippen molar-refractivity contribution in [3.05, 3.63) is 64.3 Å². The fourth-order valence-corrected chi connectivity index (χ4v) is 5.40. The quantitative estimate of drug-likeness (QED) is 0.377. The molecule has 1 fully saturated rings. The monoisotopic (exact) mass is 520 g/mol. The molecule has 5 rings (SSSR count). The summed E-state index contributed by atoms with van der Waals surface area (Å²) in [5, 5.41) is 9.99. The van der Waals surface area contributed by atoms with E-state index in [9.17, 15) is 4.79 Å². The van der Waals surface area contributed by atoms with Crippen molar-refractivity contribution in [2.75, 3.05) is 43.2 Å². The van der Waals surface area contributed by atoms with Gasteiger partial charge in [-0.25, -0.2) is 4.98 Å². The van der Waals surface area contributed by atoms with Gasteiger partial charge in [0, 0.05) is 12.2 Å². The molecule has 2 aliphatic heterocycles. The van der Waals surface area contributed by atoms with Gasteiger partial charge in [-0.3, -0.25) is 4.79 Å². The highest BCUT2D eigenvalue weighted by atomic mass is 35.5. The van der Waals surface area contributed by atoms with E-state index in [1.807, 2.05) is 38.1 Å². The number of nitrogens with zero attached hydrogens (tertiary/aromatic N) is 3. The number of hydrogen-bond donors (Lipinski definition) is 3. The number of nitrogens with one attached hydrogen (secondary N) is 3. The molecule has 1 saturated heterocycles. The Morgan fingerprint density at radius 1 is 1.22 bits per heavy atom. The Hall–Kier alpha value is -3.36.